The summed E-state index contributed by atoms with van der Waals surface area (Å²) in [6.07, 6.45) is 0. The zero-order valence-electron chi connectivity index (χ0n) is 12.9. The van der Waals surface area contributed by atoms with Gasteiger partial charge in [0, 0.05) is 18.8 Å². The summed E-state index contributed by atoms with van der Waals surface area (Å²) >= 11 is 0. The third kappa shape index (κ3) is 3.16. The zero-order chi connectivity index (χ0) is 15.4. The lowest BCUT2D eigenvalue weighted by atomic mass is 10.0. The third-order valence-electron chi connectivity index (χ3n) is 3.70. The van der Waals surface area contributed by atoms with Gasteiger partial charge in [-0.1, -0.05) is 12.1 Å². The molecular formula is C17H21FN2O. The van der Waals surface area contributed by atoms with Crippen molar-refractivity contribution in [3.8, 4) is 5.75 Å². The predicted molar refractivity (Wildman–Crippen MR) is 84.9 cm³/mol. The molecule has 1 unspecified atom stereocenters. The minimum atomic E-state index is -0.232. The maximum atomic E-state index is 13.6. The molecule has 0 aliphatic carbocycles. The van der Waals surface area contributed by atoms with Crippen molar-refractivity contribution in [2.45, 2.75) is 13.0 Å². The van der Waals surface area contributed by atoms with Crippen molar-refractivity contribution >= 4 is 11.4 Å². The van der Waals surface area contributed by atoms with Crippen LogP contribution < -0.4 is 15.0 Å². The number of nitrogens with zero attached hydrogens (tertiary/aromatic N) is 1. The first-order valence-electron chi connectivity index (χ1n) is 6.92. The molecule has 0 fully saturated rings. The maximum absolute atomic E-state index is 13.6. The van der Waals surface area contributed by atoms with Crippen molar-refractivity contribution in [1.29, 1.82) is 0 Å². The van der Waals surface area contributed by atoms with Gasteiger partial charge in [0.15, 0.2) is 0 Å². The lowest BCUT2D eigenvalue weighted by Crippen LogP contribution is -2.19. The third-order valence-corrected chi connectivity index (χ3v) is 3.70. The topological polar surface area (TPSA) is 24.5 Å². The zero-order valence-corrected chi connectivity index (χ0v) is 12.9. The summed E-state index contributed by atoms with van der Waals surface area (Å²) in [6.45, 7) is 2.01. The Morgan fingerprint density at radius 2 is 1.86 bits per heavy atom. The molecule has 0 aliphatic heterocycles. The molecule has 4 heteroatoms. The van der Waals surface area contributed by atoms with Crippen molar-refractivity contribution in [2.24, 2.45) is 0 Å². The number of rotatable bonds is 5. The highest BCUT2D eigenvalue weighted by Gasteiger charge is 2.16. The van der Waals surface area contributed by atoms with Gasteiger partial charge in [-0.15, -0.1) is 0 Å². The van der Waals surface area contributed by atoms with E-state index >= 15 is 0 Å². The average Bonchev–Trinajstić information content (AvgIpc) is 2.53. The molecule has 0 bridgehead atoms. The monoisotopic (exact) mass is 288 g/mol. The van der Waals surface area contributed by atoms with E-state index in [9.17, 15) is 4.39 Å². The van der Waals surface area contributed by atoms with E-state index in [1.165, 1.54) is 6.07 Å². The number of halogens is 1. The van der Waals surface area contributed by atoms with Crippen molar-refractivity contribution in [2.75, 3.05) is 26.1 Å². The summed E-state index contributed by atoms with van der Waals surface area (Å²) in [5.41, 5.74) is 2.80. The van der Waals surface area contributed by atoms with Gasteiger partial charge in [0.1, 0.15) is 11.6 Å². The van der Waals surface area contributed by atoms with E-state index in [4.69, 9.17) is 4.74 Å². The van der Waals surface area contributed by atoms with E-state index in [0.717, 1.165) is 22.7 Å². The molecule has 0 heterocycles. The minimum Gasteiger partial charge on any atom is -0.495 e. The molecule has 21 heavy (non-hydrogen) atoms. The number of nitrogens with one attached hydrogen (secondary N) is 1. The highest BCUT2D eigenvalue weighted by Crippen LogP contribution is 2.36. The van der Waals surface area contributed by atoms with Gasteiger partial charge < -0.3 is 15.0 Å². The van der Waals surface area contributed by atoms with Crippen LogP contribution >= 0.6 is 0 Å². The number of para-hydroxylation sites is 2. The minimum absolute atomic E-state index is 0.0489. The second kappa shape index (κ2) is 6.59. The number of benzene rings is 2. The molecule has 0 spiro atoms. The van der Waals surface area contributed by atoms with E-state index in [-0.39, 0.29) is 11.9 Å². The summed E-state index contributed by atoms with van der Waals surface area (Å²) in [7, 11) is 5.47. The fourth-order valence-electron chi connectivity index (χ4n) is 2.37. The largest absolute Gasteiger partial charge is 0.495 e. The number of hydrogen-bond acceptors (Lipinski definition) is 3. The van der Waals surface area contributed by atoms with Crippen molar-refractivity contribution in [3.05, 3.63) is 53.8 Å². The molecular weight excluding hydrogens is 267 g/mol. The quantitative estimate of drug-likeness (QED) is 0.903. The Bertz CT molecular complexity index is 615. The summed E-state index contributed by atoms with van der Waals surface area (Å²) in [6, 6.07) is 12.7. The first-order valence-corrected chi connectivity index (χ1v) is 6.92. The second-order valence-corrected chi connectivity index (χ2v) is 4.94. The lowest BCUT2D eigenvalue weighted by molar-refractivity contribution is 0.415. The first-order chi connectivity index (χ1) is 10.1. The summed E-state index contributed by atoms with van der Waals surface area (Å²) in [5.74, 6) is 0.552. The molecule has 0 saturated heterocycles. The molecule has 2 rings (SSSR count). The van der Waals surface area contributed by atoms with Crippen LogP contribution in [0.4, 0.5) is 15.8 Å². The molecule has 2 aromatic carbocycles. The smallest absolute Gasteiger partial charge is 0.142 e. The summed E-state index contributed by atoms with van der Waals surface area (Å²) in [4.78, 5) is 2.02. The molecule has 3 nitrogen and oxygen atoms in total. The van der Waals surface area contributed by atoms with Crippen molar-refractivity contribution < 1.29 is 9.13 Å². The summed E-state index contributed by atoms with van der Waals surface area (Å²) < 4.78 is 19.0. The number of methoxy groups -OCH3 is 1. The van der Waals surface area contributed by atoms with Gasteiger partial charge in [0.2, 0.25) is 0 Å². The Hall–Kier alpha value is -2.07. The number of hydrogen-bond donors (Lipinski definition) is 1. The van der Waals surface area contributed by atoms with Crippen LogP contribution in [0.2, 0.25) is 0 Å². The SMILES string of the molecule is CNC(C)c1cc(F)ccc1N(C)c1ccccc1OC. The predicted octanol–water partition coefficient (Wildman–Crippen LogP) is 3.88. The van der Waals surface area contributed by atoms with Crippen molar-refractivity contribution in [1.82, 2.24) is 5.32 Å². The van der Waals surface area contributed by atoms with Crippen LogP contribution in [0.5, 0.6) is 5.75 Å². The van der Waals surface area contributed by atoms with E-state index in [2.05, 4.69) is 5.32 Å². The molecule has 2 aromatic rings. The van der Waals surface area contributed by atoms with Crippen LogP contribution in [0.25, 0.3) is 0 Å². The molecule has 1 atom stereocenters. The number of ether oxygens (including phenoxy) is 1. The van der Waals surface area contributed by atoms with E-state index in [1.54, 1.807) is 19.2 Å². The van der Waals surface area contributed by atoms with Gasteiger partial charge in [0.25, 0.3) is 0 Å². The van der Waals surface area contributed by atoms with Crippen LogP contribution in [0.3, 0.4) is 0 Å². The maximum Gasteiger partial charge on any atom is 0.142 e. The van der Waals surface area contributed by atoms with E-state index in [0.29, 0.717) is 0 Å². The van der Waals surface area contributed by atoms with Crippen LogP contribution in [0.15, 0.2) is 42.5 Å². The van der Waals surface area contributed by atoms with Gasteiger partial charge in [-0.3, -0.25) is 0 Å². The molecule has 0 amide bonds. The Labute approximate surface area is 125 Å². The summed E-state index contributed by atoms with van der Waals surface area (Å²) in [5, 5.41) is 3.16. The fourth-order valence-corrected chi connectivity index (χ4v) is 2.37. The Morgan fingerprint density at radius 1 is 1.14 bits per heavy atom. The highest BCUT2D eigenvalue weighted by molar-refractivity contribution is 5.71. The van der Waals surface area contributed by atoms with Gasteiger partial charge in [-0.25, -0.2) is 4.39 Å². The standard InChI is InChI=1S/C17H21FN2O/c1-12(19-2)14-11-13(18)9-10-15(14)20(3)16-7-5-6-8-17(16)21-4/h5-12,19H,1-4H3. The molecule has 1 N–H and O–H groups in total. The molecule has 0 radical (unpaired) electrons. The second-order valence-electron chi connectivity index (χ2n) is 4.94. The molecule has 0 aromatic heterocycles. The highest BCUT2D eigenvalue weighted by atomic mass is 19.1. The van der Waals surface area contributed by atoms with Gasteiger partial charge in [0.05, 0.1) is 12.8 Å². The van der Waals surface area contributed by atoms with Crippen LogP contribution in [-0.4, -0.2) is 21.2 Å². The molecule has 0 aliphatic rings. The van der Waals surface area contributed by atoms with Crippen molar-refractivity contribution in [3.63, 3.8) is 0 Å². The lowest BCUT2D eigenvalue weighted by Gasteiger charge is -2.26. The van der Waals surface area contributed by atoms with E-state index in [1.807, 2.05) is 50.2 Å². The molecule has 0 saturated carbocycles. The van der Waals surface area contributed by atoms with Gasteiger partial charge in [-0.05, 0) is 49.9 Å². The van der Waals surface area contributed by atoms with Gasteiger partial charge in [-0.2, -0.15) is 0 Å². The Kier molecular flexibility index (Phi) is 4.81. The molecule has 112 valence electrons. The fraction of sp³-hybridized carbons (Fsp3) is 0.294. The van der Waals surface area contributed by atoms with Gasteiger partial charge >= 0.3 is 0 Å². The Balaban J connectivity index is 2.50. The van der Waals surface area contributed by atoms with Crippen LogP contribution in [-0.2, 0) is 0 Å². The normalized spacial score (nSPS) is 12.0. The van der Waals surface area contributed by atoms with E-state index < -0.39 is 0 Å². The first kappa shape index (κ1) is 15.3. The Morgan fingerprint density at radius 3 is 2.52 bits per heavy atom. The van der Waals surface area contributed by atoms with Crippen LogP contribution in [0, 0.1) is 5.82 Å². The number of anilines is 2. The van der Waals surface area contributed by atoms with Crippen LogP contribution in [0.1, 0.15) is 18.5 Å². The average molecular weight is 288 g/mol.